The number of carbonyl (C=O) groups excluding carboxylic acids is 2. The van der Waals surface area contributed by atoms with E-state index in [0.717, 1.165) is 103 Å². The molecule has 5 heteroatoms. The highest BCUT2D eigenvalue weighted by molar-refractivity contribution is 5.70. The van der Waals surface area contributed by atoms with Crippen LogP contribution in [-0.2, 0) is 23.8 Å². The molecule has 0 fully saturated rings. The average Bonchev–Trinajstić information content (AvgIpc) is 3.32. The van der Waals surface area contributed by atoms with Gasteiger partial charge >= 0.3 is 11.9 Å². The predicted molar refractivity (Wildman–Crippen MR) is 288 cm³/mol. The Morgan fingerprint density at radius 1 is 0.348 bits per heavy atom. The Bertz CT molecular complexity index is 1490. The van der Waals surface area contributed by atoms with Gasteiger partial charge in [-0.2, -0.15) is 0 Å². The second-order valence-electron chi connectivity index (χ2n) is 16.3. The third kappa shape index (κ3) is 52.1. The van der Waals surface area contributed by atoms with Crippen molar-refractivity contribution in [2.75, 3.05) is 19.8 Å². The Hall–Kier alpha value is -4.48. The first-order valence-corrected chi connectivity index (χ1v) is 26.0. The lowest BCUT2D eigenvalue weighted by atomic mass is 10.1. The van der Waals surface area contributed by atoms with Gasteiger partial charge in [0.25, 0.3) is 0 Å². The SMILES string of the molecule is CC/C=C\C/C=C\C/C=C\C/C=C\C/C=C\C/C=C\CCC(=O)OCC(COCCCCCCCC/C=C\C/C=C\CCC)OC(=O)CCC/C=C\C/C=C\C/C=C\C/C=C\C/C=C\CC. The van der Waals surface area contributed by atoms with E-state index < -0.39 is 6.10 Å². The fraction of sp³-hybridized carbons (Fsp3) is 0.541. The summed E-state index contributed by atoms with van der Waals surface area (Å²) in [6.07, 6.45) is 81.3. The van der Waals surface area contributed by atoms with Crippen molar-refractivity contribution in [3.63, 3.8) is 0 Å². The molecular weight excluding hydrogens is 813 g/mol. The van der Waals surface area contributed by atoms with Crippen LogP contribution in [0.25, 0.3) is 0 Å². The van der Waals surface area contributed by atoms with Crippen LogP contribution in [0.4, 0.5) is 0 Å². The highest BCUT2D eigenvalue weighted by atomic mass is 16.6. The molecule has 0 heterocycles. The molecule has 66 heavy (non-hydrogen) atoms. The number of rotatable bonds is 45. The second kappa shape index (κ2) is 54.9. The molecule has 0 aromatic rings. The minimum atomic E-state index is -0.615. The van der Waals surface area contributed by atoms with Crippen LogP contribution in [0.15, 0.2) is 158 Å². The van der Waals surface area contributed by atoms with Gasteiger partial charge in [-0.25, -0.2) is 0 Å². The number of hydrogen-bond donors (Lipinski definition) is 0. The molecule has 1 atom stereocenters. The number of hydrogen-bond acceptors (Lipinski definition) is 5. The lowest BCUT2D eigenvalue weighted by Gasteiger charge is -2.18. The van der Waals surface area contributed by atoms with E-state index in [9.17, 15) is 9.59 Å². The summed E-state index contributed by atoms with van der Waals surface area (Å²) in [5, 5.41) is 0. The first-order chi connectivity index (χ1) is 32.6. The summed E-state index contributed by atoms with van der Waals surface area (Å²) >= 11 is 0. The molecule has 1 unspecified atom stereocenters. The maximum absolute atomic E-state index is 12.8. The van der Waals surface area contributed by atoms with Gasteiger partial charge < -0.3 is 14.2 Å². The van der Waals surface area contributed by atoms with Gasteiger partial charge in [-0.05, 0) is 122 Å². The number of unbranched alkanes of at least 4 members (excludes halogenated alkanes) is 8. The van der Waals surface area contributed by atoms with E-state index in [1.165, 1.54) is 38.5 Å². The van der Waals surface area contributed by atoms with Crippen molar-refractivity contribution < 1.29 is 23.8 Å². The molecule has 0 aliphatic carbocycles. The number of carbonyl (C=O) groups is 2. The Morgan fingerprint density at radius 2 is 0.712 bits per heavy atom. The minimum absolute atomic E-state index is 0.00652. The molecule has 368 valence electrons. The monoisotopic (exact) mass is 907 g/mol. The first-order valence-electron chi connectivity index (χ1n) is 26.0. The lowest BCUT2D eigenvalue weighted by Crippen LogP contribution is -2.30. The number of allylic oxidation sites excluding steroid dienone is 26. The van der Waals surface area contributed by atoms with Gasteiger partial charge in [0.1, 0.15) is 6.61 Å². The summed E-state index contributed by atoms with van der Waals surface area (Å²) in [5.41, 5.74) is 0. The van der Waals surface area contributed by atoms with Crippen LogP contribution >= 0.6 is 0 Å². The number of ether oxygens (including phenoxy) is 3. The molecule has 0 aromatic carbocycles. The predicted octanol–water partition coefficient (Wildman–Crippen LogP) is 17.9. The summed E-state index contributed by atoms with van der Waals surface area (Å²) in [4.78, 5) is 25.4. The van der Waals surface area contributed by atoms with Gasteiger partial charge in [0.05, 0.1) is 6.61 Å². The third-order valence-electron chi connectivity index (χ3n) is 10.0. The zero-order valence-electron chi connectivity index (χ0n) is 42.1. The fourth-order valence-corrected chi connectivity index (χ4v) is 6.25. The maximum Gasteiger partial charge on any atom is 0.306 e. The molecular formula is C61H94O5. The average molecular weight is 907 g/mol. The molecule has 0 rings (SSSR count). The summed E-state index contributed by atoms with van der Waals surface area (Å²) in [6.45, 7) is 7.34. The maximum atomic E-state index is 12.8. The van der Waals surface area contributed by atoms with Gasteiger partial charge in [0.2, 0.25) is 0 Å². The Morgan fingerprint density at radius 3 is 1.15 bits per heavy atom. The molecule has 0 aromatic heterocycles. The Kier molecular flexibility index (Phi) is 51.1. The van der Waals surface area contributed by atoms with Crippen molar-refractivity contribution in [2.45, 2.75) is 194 Å². The molecule has 5 nitrogen and oxygen atoms in total. The molecule has 0 radical (unpaired) electrons. The molecule has 0 aliphatic heterocycles. The molecule has 0 bridgehead atoms. The van der Waals surface area contributed by atoms with Crippen LogP contribution in [0, 0.1) is 0 Å². The molecule has 0 amide bonds. The Balaban J connectivity index is 4.54. The summed E-state index contributed by atoms with van der Waals surface area (Å²) < 4.78 is 17.3. The van der Waals surface area contributed by atoms with Gasteiger partial charge in [-0.3, -0.25) is 9.59 Å². The normalized spacial score (nSPS) is 13.6. The molecule has 0 aliphatic rings. The topological polar surface area (TPSA) is 61.8 Å². The minimum Gasteiger partial charge on any atom is -0.462 e. The number of esters is 2. The zero-order chi connectivity index (χ0) is 47.7. The van der Waals surface area contributed by atoms with E-state index in [1.807, 2.05) is 6.08 Å². The van der Waals surface area contributed by atoms with Crippen molar-refractivity contribution in [3.05, 3.63) is 158 Å². The van der Waals surface area contributed by atoms with Gasteiger partial charge in [0, 0.05) is 19.4 Å². The fourth-order valence-electron chi connectivity index (χ4n) is 6.25. The van der Waals surface area contributed by atoms with E-state index >= 15 is 0 Å². The van der Waals surface area contributed by atoms with Gasteiger partial charge in [0.15, 0.2) is 6.10 Å². The van der Waals surface area contributed by atoms with Crippen LogP contribution in [0.1, 0.15) is 188 Å². The van der Waals surface area contributed by atoms with Gasteiger partial charge in [-0.1, -0.05) is 211 Å². The van der Waals surface area contributed by atoms with E-state index in [-0.39, 0.29) is 31.6 Å². The summed E-state index contributed by atoms with van der Waals surface area (Å²) in [6, 6.07) is 0. The largest absolute Gasteiger partial charge is 0.462 e. The molecule has 0 N–H and O–H groups in total. The van der Waals surface area contributed by atoms with Crippen LogP contribution in [-0.4, -0.2) is 37.9 Å². The van der Waals surface area contributed by atoms with Crippen molar-refractivity contribution in [2.24, 2.45) is 0 Å². The molecule has 0 saturated carbocycles. The van der Waals surface area contributed by atoms with E-state index in [1.54, 1.807) is 0 Å². The highest BCUT2D eigenvalue weighted by Crippen LogP contribution is 2.10. The van der Waals surface area contributed by atoms with Crippen molar-refractivity contribution in [3.8, 4) is 0 Å². The summed E-state index contributed by atoms with van der Waals surface area (Å²) in [5.74, 6) is -0.582. The third-order valence-corrected chi connectivity index (χ3v) is 10.0. The quantitative estimate of drug-likeness (QED) is 0.0346. The van der Waals surface area contributed by atoms with E-state index in [4.69, 9.17) is 14.2 Å². The van der Waals surface area contributed by atoms with Gasteiger partial charge in [-0.15, -0.1) is 0 Å². The van der Waals surface area contributed by atoms with Crippen LogP contribution in [0.5, 0.6) is 0 Å². The van der Waals surface area contributed by atoms with Crippen LogP contribution in [0.2, 0.25) is 0 Å². The molecule has 0 spiro atoms. The standard InChI is InChI=1S/C61H94O5/c1-4-7-10-13-16-19-22-25-28-30-31-33-34-36-39-42-45-48-51-54-60(62)65-58-59(57-64-56-53-50-47-44-41-38-27-24-21-18-15-12-9-6-3)66-61(63)55-52-49-46-43-40-37-35-32-29-26-23-20-17-14-11-8-5-2/h7-8,10-12,15-17,19-21,24-26,28-29,31,33,35-37,39,43,45-46,48,59H,4-6,9,13-14,18,22-23,27,30,32,34,38,40-42,44,47,49-58H2,1-3H3/b10-7-,11-8-,15-12-,19-16-,20-17-,24-21-,28-25-,29-26-,33-31-,37-35-,39-36-,46-43-,48-45-. The van der Waals surface area contributed by atoms with Crippen molar-refractivity contribution >= 4 is 11.9 Å². The van der Waals surface area contributed by atoms with Crippen molar-refractivity contribution in [1.82, 2.24) is 0 Å². The smallest absolute Gasteiger partial charge is 0.306 e. The van der Waals surface area contributed by atoms with Crippen molar-refractivity contribution in [1.29, 1.82) is 0 Å². The zero-order valence-corrected chi connectivity index (χ0v) is 42.1. The Labute approximate surface area is 405 Å². The van der Waals surface area contributed by atoms with E-state index in [2.05, 4.69) is 173 Å². The highest BCUT2D eigenvalue weighted by Gasteiger charge is 2.17. The van der Waals surface area contributed by atoms with Crippen LogP contribution in [0.3, 0.4) is 0 Å². The second-order valence-corrected chi connectivity index (χ2v) is 16.3. The lowest BCUT2D eigenvalue weighted by molar-refractivity contribution is -0.162. The molecule has 0 saturated heterocycles. The first kappa shape index (κ1) is 61.5. The van der Waals surface area contributed by atoms with E-state index in [0.29, 0.717) is 25.9 Å². The van der Waals surface area contributed by atoms with Crippen LogP contribution < -0.4 is 0 Å². The summed E-state index contributed by atoms with van der Waals surface area (Å²) in [7, 11) is 0.